The maximum Gasteiger partial charge on any atom is 2.00 e. The minimum Gasteiger partial charge on any atom is -0.742 e. The number of halogens is 2. The summed E-state index contributed by atoms with van der Waals surface area (Å²) in [4.78, 5) is 35.5. The first-order chi connectivity index (χ1) is 16.4. The molecule has 0 spiro atoms. The number of amidine groups is 2. The van der Waals surface area contributed by atoms with Gasteiger partial charge in [-0.05, 0) is 60.3 Å². The van der Waals surface area contributed by atoms with E-state index in [1.807, 2.05) is 9.80 Å². The van der Waals surface area contributed by atoms with Crippen molar-refractivity contribution in [2.45, 2.75) is 25.7 Å². The zero-order valence-electron chi connectivity index (χ0n) is 18.8. The van der Waals surface area contributed by atoms with Crippen molar-refractivity contribution < 1.29 is 30.7 Å². The van der Waals surface area contributed by atoms with Crippen LogP contribution in [0.3, 0.4) is 0 Å². The van der Waals surface area contributed by atoms with Crippen molar-refractivity contribution in [2.75, 3.05) is 26.2 Å². The third kappa shape index (κ3) is 8.79. The molecular weight excluding hydrogens is 706 g/mol. The van der Waals surface area contributed by atoms with Crippen LogP contribution in [0.5, 0.6) is 0 Å². The van der Waals surface area contributed by atoms with Crippen LogP contribution in [0.15, 0.2) is 58.5 Å². The number of hydrogen-bond acceptors (Lipinski definition) is 4. The van der Waals surface area contributed by atoms with E-state index >= 15 is 0 Å². The van der Waals surface area contributed by atoms with Gasteiger partial charge in [0.25, 0.3) is 11.8 Å². The molecule has 11 heteroatoms. The van der Waals surface area contributed by atoms with Crippen molar-refractivity contribution in [1.82, 2.24) is 9.80 Å². The first-order valence-electron chi connectivity index (χ1n) is 11.0. The van der Waals surface area contributed by atoms with E-state index in [9.17, 15) is 9.59 Å². The zero-order chi connectivity index (χ0) is 24.5. The molecule has 2 aromatic rings. The maximum absolute atomic E-state index is 11.9. The number of hydrogen-bond donors (Lipinski definition) is 0. The van der Waals surface area contributed by atoms with E-state index in [4.69, 9.17) is 48.5 Å². The van der Waals surface area contributed by atoms with E-state index in [2.05, 4.69) is 9.98 Å². The summed E-state index contributed by atoms with van der Waals surface area (Å²) in [5.41, 5.74) is 0.798. The molecule has 4 rings (SSSR count). The molecule has 0 radical (unpaired) electrons. The number of benzene rings is 2. The second-order valence-electron chi connectivity index (χ2n) is 7.75. The quantitative estimate of drug-likeness (QED) is 0.248. The summed E-state index contributed by atoms with van der Waals surface area (Å²) in [5.74, 6) is -0.736. The Balaban J connectivity index is 0.000000240. The van der Waals surface area contributed by atoms with Crippen LogP contribution in [0.25, 0.3) is 0 Å². The van der Waals surface area contributed by atoms with Crippen LogP contribution < -0.4 is 0 Å². The minimum absolute atomic E-state index is 0. The predicted octanol–water partition coefficient (Wildman–Crippen LogP) is 4.96. The summed E-state index contributed by atoms with van der Waals surface area (Å²) in [6.07, 6.45) is 4.43. The first-order valence-corrected chi connectivity index (χ1v) is 12.5. The van der Waals surface area contributed by atoms with Gasteiger partial charge in [0.1, 0.15) is 0 Å². The monoisotopic (exact) mass is 729 g/mol. The van der Waals surface area contributed by atoms with Gasteiger partial charge < -0.3 is 35.1 Å². The normalized spacial score (nSPS) is 15.8. The molecule has 2 aliphatic heterocycles. The van der Waals surface area contributed by atoms with Crippen LogP contribution in [-0.4, -0.2) is 58.1 Å². The van der Waals surface area contributed by atoms with Crippen LogP contribution >= 0.6 is 23.2 Å². The summed E-state index contributed by atoms with van der Waals surface area (Å²) in [6, 6.07) is 13.7. The Kier molecular flexibility index (Phi) is 12.6. The van der Waals surface area contributed by atoms with E-state index in [1.54, 1.807) is 48.5 Å². The molecular formula is C24H24Cl2N4O2PtS2. The molecule has 2 fully saturated rings. The second-order valence-corrected chi connectivity index (χ2v) is 9.29. The van der Waals surface area contributed by atoms with E-state index in [-0.39, 0.29) is 32.9 Å². The van der Waals surface area contributed by atoms with Crippen LogP contribution in [0.1, 0.15) is 46.4 Å². The number of carbonyl (C=O) groups excluding carboxylic acids is 2. The standard InChI is InChI=1S/2C12H13ClN2OS.Pt/c2*13-10-6-2-1-5-9(10)11(16)14-12(17)15-7-3-4-8-15;/h2*1-2,5-6H,3-4,7-8H2,(H,14,16,17);/q;;+2/p-2. The Bertz CT molecular complexity index is 1000. The van der Waals surface area contributed by atoms with Gasteiger partial charge >= 0.3 is 21.1 Å². The van der Waals surface area contributed by atoms with Crippen LogP contribution in [0.2, 0.25) is 10.0 Å². The molecule has 35 heavy (non-hydrogen) atoms. The molecule has 0 bridgehead atoms. The first kappa shape index (κ1) is 29.7. The molecule has 2 aliphatic rings. The average Bonchev–Trinajstić information content (AvgIpc) is 3.54. The number of aliphatic imine (C=N–C) groups is 2. The minimum atomic E-state index is -0.368. The van der Waals surface area contributed by atoms with Crippen LogP contribution in [-0.2, 0) is 46.3 Å². The van der Waals surface area contributed by atoms with Crippen molar-refractivity contribution >= 4 is 70.6 Å². The van der Waals surface area contributed by atoms with E-state index in [0.717, 1.165) is 51.9 Å². The summed E-state index contributed by atoms with van der Waals surface area (Å²) in [5, 5.41) is 1.55. The molecule has 0 aromatic heterocycles. The molecule has 0 aliphatic carbocycles. The van der Waals surface area contributed by atoms with Gasteiger partial charge in [0.05, 0.1) is 21.2 Å². The van der Waals surface area contributed by atoms with Crippen LogP contribution in [0, 0.1) is 0 Å². The van der Waals surface area contributed by atoms with Gasteiger partial charge in [-0.2, -0.15) is 0 Å². The molecule has 188 valence electrons. The van der Waals surface area contributed by atoms with Gasteiger partial charge in [-0.3, -0.25) is 9.59 Å². The van der Waals surface area contributed by atoms with Gasteiger partial charge in [0.2, 0.25) is 0 Å². The predicted molar refractivity (Wildman–Crippen MR) is 143 cm³/mol. The van der Waals surface area contributed by atoms with Gasteiger partial charge in [-0.15, -0.1) is 0 Å². The molecule has 6 nitrogen and oxygen atoms in total. The van der Waals surface area contributed by atoms with Gasteiger partial charge in [0.15, 0.2) is 0 Å². The molecule has 0 N–H and O–H groups in total. The van der Waals surface area contributed by atoms with Crippen molar-refractivity contribution in [1.29, 1.82) is 0 Å². The van der Waals surface area contributed by atoms with E-state index in [1.165, 1.54) is 0 Å². The Morgan fingerprint density at radius 3 is 1.29 bits per heavy atom. The third-order valence-corrected chi connectivity index (χ3v) is 6.71. The summed E-state index contributed by atoms with van der Waals surface area (Å²) in [7, 11) is 0. The Labute approximate surface area is 241 Å². The number of nitrogens with zero attached hydrogens (tertiary/aromatic N) is 4. The van der Waals surface area contributed by atoms with Gasteiger partial charge in [-0.1, -0.05) is 47.5 Å². The van der Waals surface area contributed by atoms with Gasteiger partial charge in [0, 0.05) is 26.2 Å². The summed E-state index contributed by atoms with van der Waals surface area (Å²) in [6.45, 7) is 3.55. The largest absolute Gasteiger partial charge is 2.00 e. The second kappa shape index (κ2) is 14.9. The Morgan fingerprint density at radius 1 is 0.657 bits per heavy atom. The number of carbonyl (C=O) groups is 2. The number of amides is 2. The van der Waals surface area contributed by atoms with Crippen molar-refractivity contribution in [3.8, 4) is 0 Å². The van der Waals surface area contributed by atoms with Crippen molar-refractivity contribution in [3.05, 3.63) is 69.7 Å². The van der Waals surface area contributed by atoms with E-state index in [0.29, 0.717) is 31.5 Å². The topological polar surface area (TPSA) is 65.3 Å². The maximum atomic E-state index is 11.9. The Morgan fingerprint density at radius 2 is 0.971 bits per heavy atom. The zero-order valence-corrected chi connectivity index (χ0v) is 24.2. The van der Waals surface area contributed by atoms with E-state index < -0.39 is 0 Å². The van der Waals surface area contributed by atoms with Crippen LogP contribution in [0.4, 0.5) is 0 Å². The summed E-state index contributed by atoms with van der Waals surface area (Å²) < 4.78 is 0. The molecule has 2 amide bonds. The number of likely N-dealkylation sites (tertiary alicyclic amines) is 2. The summed E-state index contributed by atoms with van der Waals surface area (Å²) >= 11 is 22.1. The number of rotatable bonds is 2. The van der Waals surface area contributed by atoms with Crippen molar-refractivity contribution in [2.24, 2.45) is 9.98 Å². The van der Waals surface area contributed by atoms with Crippen molar-refractivity contribution in [3.63, 3.8) is 0 Å². The third-order valence-electron chi connectivity index (χ3n) is 5.36. The molecule has 0 unspecified atom stereocenters. The average molecular weight is 731 g/mol. The molecule has 0 atom stereocenters. The Hall–Kier alpha value is -1.57. The molecule has 2 saturated heterocycles. The fraction of sp³-hybridized carbons (Fsp3) is 0.333. The fourth-order valence-electron chi connectivity index (χ4n) is 3.52. The fourth-order valence-corrected chi connectivity index (χ4v) is 4.49. The molecule has 2 heterocycles. The molecule has 2 aromatic carbocycles. The molecule has 0 saturated carbocycles. The SMILES string of the molecule is O=C(N=C([S-])N1CCCC1)c1ccccc1Cl.O=C(N=C([S-])N1CCCC1)c1ccccc1Cl.[Pt+2]. The van der Waals surface area contributed by atoms with Gasteiger partial charge in [-0.25, -0.2) is 9.98 Å². The smallest absolute Gasteiger partial charge is 0.742 e.